The minimum Gasteiger partial charge on any atom is -0.481 e. The van der Waals surface area contributed by atoms with Gasteiger partial charge in [-0.3, -0.25) is 9.59 Å². The van der Waals surface area contributed by atoms with Crippen molar-refractivity contribution in [3.8, 4) is 0 Å². The molecule has 0 aliphatic rings. The Hall–Kier alpha value is -3.77. The Balaban J connectivity index is 2.56. The molecular formula is C18H23FN4O8. The number of rotatable bonds is 12. The van der Waals surface area contributed by atoms with E-state index in [0.29, 0.717) is 5.69 Å². The topological polar surface area (TPSA) is 186 Å². The average molecular weight is 442 g/mol. The molecule has 0 aliphatic carbocycles. The summed E-state index contributed by atoms with van der Waals surface area (Å²) in [7, 11) is 1.45. The molecule has 5 N–H and O–H groups in total. The van der Waals surface area contributed by atoms with Crippen molar-refractivity contribution in [2.45, 2.75) is 44.2 Å². The Morgan fingerprint density at radius 3 is 2.06 bits per heavy atom. The maximum absolute atomic E-state index is 12.9. The second-order valence-corrected chi connectivity index (χ2v) is 6.52. The number of halogens is 1. The lowest BCUT2D eigenvalue weighted by Gasteiger charge is -2.19. The summed E-state index contributed by atoms with van der Waals surface area (Å²) in [5, 5.41) is 31.0. The number of carbonyl (C=O) groups excluding carboxylic acids is 2. The van der Waals surface area contributed by atoms with Gasteiger partial charge in [-0.1, -0.05) is 0 Å². The summed E-state index contributed by atoms with van der Waals surface area (Å²) in [5.41, 5.74) is 0.347. The van der Waals surface area contributed by atoms with E-state index in [1.807, 2.05) is 5.32 Å². The number of anilines is 1. The number of carbonyl (C=O) groups is 5. The van der Waals surface area contributed by atoms with Gasteiger partial charge in [0, 0.05) is 19.9 Å². The van der Waals surface area contributed by atoms with E-state index in [1.54, 1.807) is 0 Å². The Kier molecular flexibility index (Phi) is 9.82. The van der Waals surface area contributed by atoms with Crippen LogP contribution in [0.4, 0.5) is 14.9 Å². The monoisotopic (exact) mass is 442 g/mol. The Labute approximate surface area is 176 Å². The summed E-state index contributed by atoms with van der Waals surface area (Å²) in [6.07, 6.45) is 0.167. The van der Waals surface area contributed by atoms with Gasteiger partial charge in [-0.25, -0.2) is 19.4 Å². The van der Waals surface area contributed by atoms with E-state index in [9.17, 15) is 33.5 Å². The third-order valence-corrected chi connectivity index (χ3v) is 4.21. The molecule has 1 aromatic rings. The standard InChI is InChI=1S/C18H23FN4O8/c1-23(10-5-7-13(19)20-9-10)14(24)4-2-3-11(16(27)28)21-18(31)22-12(17(29)30)6-8-15(25)26/h5,7,9,11-12H,2-4,6,8H2,1H3,(H,25,26)(H,27,28)(H,29,30)(H2,21,22,31)/t11-,12-/m0/s1. The zero-order valence-corrected chi connectivity index (χ0v) is 16.6. The maximum Gasteiger partial charge on any atom is 0.326 e. The van der Waals surface area contributed by atoms with Crippen molar-refractivity contribution in [2.75, 3.05) is 11.9 Å². The van der Waals surface area contributed by atoms with Crippen LogP contribution in [0.25, 0.3) is 0 Å². The Bertz CT molecular complexity index is 817. The van der Waals surface area contributed by atoms with Crippen LogP contribution < -0.4 is 15.5 Å². The number of hydrogen-bond acceptors (Lipinski definition) is 6. The molecule has 3 amide bonds. The summed E-state index contributed by atoms with van der Waals surface area (Å²) < 4.78 is 12.9. The fraction of sp³-hybridized carbons (Fsp3) is 0.444. The number of hydrogen-bond donors (Lipinski definition) is 5. The van der Waals surface area contributed by atoms with Crippen LogP contribution >= 0.6 is 0 Å². The van der Waals surface area contributed by atoms with Crippen LogP contribution in [0.2, 0.25) is 0 Å². The van der Waals surface area contributed by atoms with E-state index in [2.05, 4.69) is 10.3 Å². The van der Waals surface area contributed by atoms with Crippen LogP contribution in [-0.4, -0.2) is 69.3 Å². The third kappa shape index (κ3) is 9.06. The van der Waals surface area contributed by atoms with E-state index in [1.165, 1.54) is 24.2 Å². The quantitative estimate of drug-likeness (QED) is 0.286. The zero-order chi connectivity index (χ0) is 23.6. The molecule has 0 unspecified atom stereocenters. The molecule has 0 spiro atoms. The summed E-state index contributed by atoms with van der Waals surface area (Å²) >= 11 is 0. The van der Waals surface area contributed by atoms with E-state index in [-0.39, 0.29) is 31.6 Å². The molecule has 13 heteroatoms. The van der Waals surface area contributed by atoms with Crippen LogP contribution in [0.5, 0.6) is 0 Å². The lowest BCUT2D eigenvalue weighted by atomic mass is 10.1. The average Bonchev–Trinajstić information content (AvgIpc) is 2.69. The van der Waals surface area contributed by atoms with Crippen LogP contribution in [0.3, 0.4) is 0 Å². The fourth-order valence-electron chi connectivity index (χ4n) is 2.48. The number of nitrogens with zero attached hydrogens (tertiary/aromatic N) is 2. The largest absolute Gasteiger partial charge is 0.481 e. The summed E-state index contributed by atoms with van der Waals surface area (Å²) in [6, 6.07) is -1.56. The molecule has 0 aliphatic heterocycles. The van der Waals surface area contributed by atoms with Gasteiger partial charge in [-0.2, -0.15) is 4.39 Å². The number of amides is 3. The number of pyridine rings is 1. The highest BCUT2D eigenvalue weighted by Gasteiger charge is 2.25. The van der Waals surface area contributed by atoms with Crippen LogP contribution in [0, 0.1) is 5.95 Å². The van der Waals surface area contributed by atoms with Crippen LogP contribution in [0.1, 0.15) is 32.1 Å². The van der Waals surface area contributed by atoms with E-state index < -0.39 is 48.4 Å². The Morgan fingerprint density at radius 1 is 1.00 bits per heavy atom. The number of urea groups is 1. The first-order chi connectivity index (χ1) is 14.5. The van der Waals surface area contributed by atoms with E-state index in [0.717, 1.165) is 6.07 Å². The summed E-state index contributed by atoms with van der Waals surface area (Å²) in [4.78, 5) is 61.8. The summed E-state index contributed by atoms with van der Waals surface area (Å²) in [5.74, 6) is -5.20. The van der Waals surface area contributed by atoms with Crippen molar-refractivity contribution in [1.29, 1.82) is 0 Å². The highest BCUT2D eigenvalue weighted by Crippen LogP contribution is 2.13. The van der Waals surface area contributed by atoms with Crippen LogP contribution in [-0.2, 0) is 19.2 Å². The first kappa shape index (κ1) is 25.3. The van der Waals surface area contributed by atoms with Gasteiger partial charge in [0.1, 0.15) is 12.1 Å². The molecule has 31 heavy (non-hydrogen) atoms. The van der Waals surface area contributed by atoms with Gasteiger partial charge in [0.15, 0.2) is 0 Å². The molecule has 0 saturated carbocycles. The fourth-order valence-corrected chi connectivity index (χ4v) is 2.48. The normalized spacial score (nSPS) is 12.3. The van der Waals surface area contributed by atoms with E-state index in [4.69, 9.17) is 10.2 Å². The first-order valence-electron chi connectivity index (χ1n) is 9.13. The molecule has 1 heterocycles. The summed E-state index contributed by atoms with van der Waals surface area (Å²) in [6.45, 7) is 0. The van der Waals surface area contributed by atoms with Crippen molar-refractivity contribution in [3.63, 3.8) is 0 Å². The first-order valence-corrected chi connectivity index (χ1v) is 9.13. The van der Waals surface area contributed by atoms with Gasteiger partial charge in [0.2, 0.25) is 11.9 Å². The van der Waals surface area contributed by atoms with Crippen molar-refractivity contribution < 1.29 is 43.7 Å². The second kappa shape index (κ2) is 12.0. The number of aliphatic carboxylic acids is 3. The SMILES string of the molecule is CN(C(=O)CCC[C@H](NC(=O)N[C@@H](CCC(=O)O)C(=O)O)C(=O)O)c1ccc(F)nc1. The molecule has 170 valence electrons. The van der Waals surface area contributed by atoms with Crippen molar-refractivity contribution >= 4 is 35.5 Å². The number of carboxylic acid groups (broad SMARTS) is 3. The molecule has 0 aromatic carbocycles. The van der Waals surface area contributed by atoms with Crippen molar-refractivity contribution in [1.82, 2.24) is 15.6 Å². The molecule has 0 saturated heterocycles. The second-order valence-electron chi connectivity index (χ2n) is 6.52. The lowest BCUT2D eigenvalue weighted by molar-refractivity contribution is -0.140. The van der Waals surface area contributed by atoms with Gasteiger partial charge in [-0.15, -0.1) is 0 Å². The number of nitrogens with one attached hydrogen (secondary N) is 2. The highest BCUT2D eigenvalue weighted by molar-refractivity contribution is 5.92. The molecule has 0 radical (unpaired) electrons. The molecule has 2 atom stereocenters. The predicted molar refractivity (Wildman–Crippen MR) is 103 cm³/mol. The molecule has 0 bridgehead atoms. The Morgan fingerprint density at radius 2 is 1.58 bits per heavy atom. The zero-order valence-electron chi connectivity index (χ0n) is 16.6. The molecule has 12 nitrogen and oxygen atoms in total. The van der Waals surface area contributed by atoms with Crippen molar-refractivity contribution in [2.24, 2.45) is 0 Å². The maximum atomic E-state index is 12.9. The van der Waals surface area contributed by atoms with E-state index >= 15 is 0 Å². The molecule has 1 aromatic heterocycles. The van der Waals surface area contributed by atoms with Gasteiger partial charge < -0.3 is 30.9 Å². The minimum atomic E-state index is -1.51. The highest BCUT2D eigenvalue weighted by atomic mass is 19.1. The minimum absolute atomic E-state index is 0.0721. The predicted octanol–water partition coefficient (Wildman–Crippen LogP) is 0.424. The molecule has 1 rings (SSSR count). The van der Waals surface area contributed by atoms with Gasteiger partial charge in [0.05, 0.1) is 11.9 Å². The van der Waals surface area contributed by atoms with Gasteiger partial charge in [-0.05, 0) is 31.4 Å². The lowest BCUT2D eigenvalue weighted by Crippen LogP contribution is -2.51. The number of aromatic nitrogens is 1. The third-order valence-electron chi connectivity index (χ3n) is 4.21. The molecule has 0 fully saturated rings. The van der Waals surface area contributed by atoms with Gasteiger partial charge >= 0.3 is 23.9 Å². The van der Waals surface area contributed by atoms with Crippen molar-refractivity contribution in [3.05, 3.63) is 24.3 Å². The van der Waals surface area contributed by atoms with Gasteiger partial charge in [0.25, 0.3) is 0 Å². The van der Waals surface area contributed by atoms with Crippen LogP contribution in [0.15, 0.2) is 18.3 Å². The molecular weight excluding hydrogens is 419 g/mol. The number of carboxylic acids is 3. The smallest absolute Gasteiger partial charge is 0.326 e.